The highest BCUT2D eigenvalue weighted by Crippen LogP contribution is 2.17. The Balaban J connectivity index is 1.62. The molecule has 0 bridgehead atoms. The van der Waals surface area contributed by atoms with E-state index in [2.05, 4.69) is 20.5 Å². The van der Waals surface area contributed by atoms with E-state index >= 15 is 0 Å². The van der Waals surface area contributed by atoms with E-state index in [1.165, 1.54) is 0 Å². The van der Waals surface area contributed by atoms with Crippen LogP contribution in [0.15, 0.2) is 67.0 Å². The molecule has 0 saturated heterocycles. The first-order valence-corrected chi connectivity index (χ1v) is 7.04. The summed E-state index contributed by atoms with van der Waals surface area (Å²) in [5, 5.41) is 21.5. The number of hydrogen-bond donors (Lipinski definition) is 2. The molecule has 0 aliphatic heterocycles. The minimum absolute atomic E-state index is 0.352. The average Bonchev–Trinajstić information content (AvgIpc) is 2.61. The Labute approximate surface area is 128 Å². The molecule has 0 aliphatic rings. The maximum absolute atomic E-state index is 10.1. The second-order valence-corrected chi connectivity index (χ2v) is 4.85. The summed E-state index contributed by atoms with van der Waals surface area (Å²) >= 11 is 0. The Bertz CT molecular complexity index is 702. The molecule has 2 heterocycles. The van der Waals surface area contributed by atoms with Gasteiger partial charge in [0.1, 0.15) is 5.82 Å². The highest BCUT2D eigenvalue weighted by Gasteiger charge is 2.07. The van der Waals surface area contributed by atoms with Crippen molar-refractivity contribution in [1.82, 2.24) is 15.2 Å². The average molecular weight is 292 g/mol. The molecule has 0 amide bonds. The molecule has 2 N–H and O–H groups in total. The van der Waals surface area contributed by atoms with E-state index in [0.29, 0.717) is 12.4 Å². The molecule has 1 aromatic carbocycles. The summed E-state index contributed by atoms with van der Waals surface area (Å²) in [4.78, 5) is 3.99. The molecule has 1 atom stereocenters. The highest BCUT2D eigenvalue weighted by atomic mass is 16.3. The zero-order valence-corrected chi connectivity index (χ0v) is 11.9. The number of anilines is 1. The largest absolute Gasteiger partial charge is 0.387 e. The van der Waals surface area contributed by atoms with Gasteiger partial charge in [-0.15, -0.1) is 10.2 Å². The molecule has 2 aromatic heterocycles. The third-order valence-corrected chi connectivity index (χ3v) is 3.28. The number of pyridine rings is 1. The molecule has 0 aliphatic carbocycles. The van der Waals surface area contributed by atoms with Gasteiger partial charge in [-0.2, -0.15) is 0 Å². The first kappa shape index (κ1) is 14.2. The molecule has 0 fully saturated rings. The fourth-order valence-corrected chi connectivity index (χ4v) is 2.08. The van der Waals surface area contributed by atoms with Crippen molar-refractivity contribution in [3.05, 3.63) is 72.6 Å². The second kappa shape index (κ2) is 6.78. The first-order valence-electron chi connectivity index (χ1n) is 7.04. The van der Waals surface area contributed by atoms with Gasteiger partial charge in [-0.1, -0.05) is 36.4 Å². The third-order valence-electron chi connectivity index (χ3n) is 3.28. The SMILES string of the molecule is OC(CNc1ccc(-c2ccccc2)nn1)c1cccnc1. The molecule has 0 spiro atoms. The van der Waals surface area contributed by atoms with Crippen LogP contribution in [-0.4, -0.2) is 26.8 Å². The highest BCUT2D eigenvalue weighted by molar-refractivity contribution is 5.59. The summed E-state index contributed by atoms with van der Waals surface area (Å²) < 4.78 is 0. The van der Waals surface area contributed by atoms with Crippen LogP contribution >= 0.6 is 0 Å². The second-order valence-electron chi connectivity index (χ2n) is 4.85. The summed E-state index contributed by atoms with van der Waals surface area (Å²) in [5.41, 5.74) is 2.61. The van der Waals surface area contributed by atoms with Gasteiger partial charge in [0.05, 0.1) is 11.8 Å². The molecular formula is C17H16N4O. The molecule has 22 heavy (non-hydrogen) atoms. The van der Waals surface area contributed by atoms with Crippen LogP contribution in [0.25, 0.3) is 11.3 Å². The number of nitrogens with one attached hydrogen (secondary N) is 1. The Hall–Kier alpha value is -2.79. The van der Waals surface area contributed by atoms with Crippen molar-refractivity contribution in [2.24, 2.45) is 0 Å². The van der Waals surface area contributed by atoms with Crippen molar-refractivity contribution < 1.29 is 5.11 Å². The molecule has 5 heteroatoms. The fraction of sp³-hybridized carbons (Fsp3) is 0.118. The van der Waals surface area contributed by atoms with Crippen LogP contribution in [0.3, 0.4) is 0 Å². The van der Waals surface area contributed by atoms with Crippen molar-refractivity contribution in [2.75, 3.05) is 11.9 Å². The van der Waals surface area contributed by atoms with E-state index in [0.717, 1.165) is 16.8 Å². The van der Waals surface area contributed by atoms with Gasteiger partial charge in [-0.3, -0.25) is 4.98 Å². The Morgan fingerprint density at radius 1 is 0.955 bits per heavy atom. The van der Waals surface area contributed by atoms with E-state index in [-0.39, 0.29) is 0 Å². The smallest absolute Gasteiger partial charge is 0.148 e. The van der Waals surface area contributed by atoms with E-state index in [1.54, 1.807) is 18.5 Å². The summed E-state index contributed by atoms with van der Waals surface area (Å²) in [7, 11) is 0. The van der Waals surface area contributed by atoms with Crippen molar-refractivity contribution in [1.29, 1.82) is 0 Å². The molecule has 1 unspecified atom stereocenters. The summed E-state index contributed by atoms with van der Waals surface area (Å²) in [6.07, 6.45) is 2.69. The van der Waals surface area contributed by atoms with Crippen molar-refractivity contribution in [3.63, 3.8) is 0 Å². The number of benzene rings is 1. The zero-order chi connectivity index (χ0) is 15.2. The van der Waals surface area contributed by atoms with Gasteiger partial charge in [-0.05, 0) is 18.2 Å². The molecule has 5 nitrogen and oxygen atoms in total. The summed E-state index contributed by atoms with van der Waals surface area (Å²) in [6, 6.07) is 17.3. The molecule has 110 valence electrons. The van der Waals surface area contributed by atoms with E-state index < -0.39 is 6.10 Å². The number of aliphatic hydroxyl groups is 1. The topological polar surface area (TPSA) is 70.9 Å². The van der Waals surface area contributed by atoms with Gasteiger partial charge in [-0.25, -0.2) is 0 Å². The van der Waals surface area contributed by atoms with Gasteiger partial charge < -0.3 is 10.4 Å². The monoisotopic (exact) mass is 292 g/mol. The van der Waals surface area contributed by atoms with E-state index in [1.807, 2.05) is 48.5 Å². The van der Waals surface area contributed by atoms with E-state index in [4.69, 9.17) is 0 Å². The summed E-state index contributed by atoms with van der Waals surface area (Å²) in [5.74, 6) is 0.627. The van der Waals surface area contributed by atoms with Crippen molar-refractivity contribution in [2.45, 2.75) is 6.10 Å². The quantitative estimate of drug-likeness (QED) is 0.756. The Kier molecular flexibility index (Phi) is 4.36. The van der Waals surface area contributed by atoms with Gasteiger partial charge in [0, 0.05) is 30.1 Å². The number of hydrogen-bond acceptors (Lipinski definition) is 5. The van der Waals surface area contributed by atoms with Crippen LogP contribution in [0, 0.1) is 0 Å². The lowest BCUT2D eigenvalue weighted by molar-refractivity contribution is 0.191. The molecule has 0 saturated carbocycles. The van der Waals surface area contributed by atoms with Crippen LogP contribution in [0.5, 0.6) is 0 Å². The van der Waals surface area contributed by atoms with Crippen LogP contribution in [0.2, 0.25) is 0 Å². The van der Waals surface area contributed by atoms with Gasteiger partial charge in [0.2, 0.25) is 0 Å². The maximum atomic E-state index is 10.1. The fourth-order valence-electron chi connectivity index (χ4n) is 2.08. The third kappa shape index (κ3) is 3.45. The lowest BCUT2D eigenvalue weighted by atomic mass is 10.1. The van der Waals surface area contributed by atoms with Crippen LogP contribution in [-0.2, 0) is 0 Å². The Morgan fingerprint density at radius 3 is 2.50 bits per heavy atom. The minimum Gasteiger partial charge on any atom is -0.387 e. The van der Waals surface area contributed by atoms with Gasteiger partial charge in [0.25, 0.3) is 0 Å². The van der Waals surface area contributed by atoms with Crippen LogP contribution in [0.1, 0.15) is 11.7 Å². The van der Waals surface area contributed by atoms with E-state index in [9.17, 15) is 5.11 Å². The van der Waals surface area contributed by atoms with Crippen molar-refractivity contribution in [3.8, 4) is 11.3 Å². The molecule has 3 aromatic rings. The number of aliphatic hydroxyl groups excluding tert-OH is 1. The van der Waals surface area contributed by atoms with Gasteiger partial charge >= 0.3 is 0 Å². The maximum Gasteiger partial charge on any atom is 0.148 e. The van der Waals surface area contributed by atoms with Crippen molar-refractivity contribution >= 4 is 5.82 Å². The predicted molar refractivity (Wildman–Crippen MR) is 85.2 cm³/mol. The molecule has 0 radical (unpaired) electrons. The summed E-state index contributed by atoms with van der Waals surface area (Å²) in [6.45, 7) is 0.352. The first-order chi connectivity index (χ1) is 10.8. The minimum atomic E-state index is -0.635. The molecule has 3 rings (SSSR count). The van der Waals surface area contributed by atoms with Crippen LogP contribution < -0.4 is 5.32 Å². The normalized spacial score (nSPS) is 11.9. The van der Waals surface area contributed by atoms with Crippen LogP contribution in [0.4, 0.5) is 5.82 Å². The standard InChI is InChI=1S/C17H16N4O/c22-16(14-7-4-10-18-11-14)12-19-17-9-8-15(20-21-17)13-5-2-1-3-6-13/h1-11,16,22H,12H2,(H,19,21). The number of nitrogens with zero attached hydrogens (tertiary/aromatic N) is 3. The zero-order valence-electron chi connectivity index (χ0n) is 11.9. The lowest BCUT2D eigenvalue weighted by Gasteiger charge is -2.12. The number of rotatable bonds is 5. The lowest BCUT2D eigenvalue weighted by Crippen LogP contribution is -2.13. The number of aromatic nitrogens is 3. The molecular weight excluding hydrogens is 276 g/mol. The Morgan fingerprint density at radius 2 is 1.82 bits per heavy atom. The predicted octanol–water partition coefficient (Wildman–Crippen LogP) is 2.68. The van der Waals surface area contributed by atoms with Gasteiger partial charge in [0.15, 0.2) is 0 Å².